The van der Waals surface area contributed by atoms with E-state index in [-0.39, 0.29) is 17.6 Å². The summed E-state index contributed by atoms with van der Waals surface area (Å²) >= 11 is 0. The third-order valence-corrected chi connectivity index (χ3v) is 3.53. The van der Waals surface area contributed by atoms with Crippen LogP contribution in [0.25, 0.3) is 0 Å². The number of aromatic nitrogens is 2. The highest BCUT2D eigenvalue weighted by atomic mass is 16.4. The molecule has 0 fully saturated rings. The lowest BCUT2D eigenvalue weighted by molar-refractivity contribution is 0.0691. The molecule has 2 rings (SSSR count). The molecule has 6 nitrogen and oxygen atoms in total. The molecule has 0 bridgehead atoms. The number of nitrogens with zero attached hydrogens (tertiary/aromatic N) is 3. The molecule has 0 aliphatic carbocycles. The fourth-order valence-corrected chi connectivity index (χ4v) is 2.35. The molecule has 0 saturated carbocycles. The molecule has 1 aromatic carbocycles. The van der Waals surface area contributed by atoms with Crippen LogP contribution in [0.15, 0.2) is 36.7 Å². The maximum atomic E-state index is 11.2. The first-order chi connectivity index (χ1) is 10.5. The molecule has 2 aromatic rings. The minimum absolute atomic E-state index is 0.0650. The summed E-state index contributed by atoms with van der Waals surface area (Å²) in [4.78, 5) is 21.2. The minimum atomic E-state index is -1.09. The minimum Gasteiger partial charge on any atom is -0.476 e. The van der Waals surface area contributed by atoms with Crippen LogP contribution >= 0.6 is 0 Å². The van der Waals surface area contributed by atoms with Gasteiger partial charge < -0.3 is 15.3 Å². The van der Waals surface area contributed by atoms with Crippen LogP contribution in [-0.2, 0) is 0 Å². The quantitative estimate of drug-likeness (QED) is 0.851. The predicted octanol–water partition coefficient (Wildman–Crippen LogP) is 2.20. The number of carboxylic acid groups (broad SMARTS) is 1. The largest absolute Gasteiger partial charge is 0.476 e. The topological polar surface area (TPSA) is 78.3 Å². The lowest BCUT2D eigenvalue weighted by Crippen LogP contribution is -2.28. The normalized spacial score (nSPS) is 12.2. The predicted molar refractivity (Wildman–Crippen MR) is 85.1 cm³/mol. The number of anilines is 1. The molecule has 0 spiro atoms. The van der Waals surface area contributed by atoms with Gasteiger partial charge in [0.25, 0.3) is 0 Å². The van der Waals surface area contributed by atoms with Crippen LogP contribution in [0.1, 0.15) is 27.7 Å². The highest BCUT2D eigenvalue weighted by Gasteiger charge is 2.18. The fraction of sp³-hybridized carbons (Fsp3) is 0.312. The Balaban J connectivity index is 2.21. The van der Waals surface area contributed by atoms with Crippen molar-refractivity contribution < 1.29 is 9.90 Å². The number of hydrogen-bond acceptors (Lipinski definition) is 5. The van der Waals surface area contributed by atoms with E-state index in [0.717, 1.165) is 0 Å². The van der Waals surface area contributed by atoms with Crippen molar-refractivity contribution in [3.63, 3.8) is 0 Å². The van der Waals surface area contributed by atoms with Crippen LogP contribution < -0.4 is 5.32 Å². The van der Waals surface area contributed by atoms with Crippen molar-refractivity contribution in [3.05, 3.63) is 53.5 Å². The number of hydrogen-bond donors (Lipinski definition) is 2. The summed E-state index contributed by atoms with van der Waals surface area (Å²) in [6.07, 6.45) is 2.85. The van der Waals surface area contributed by atoms with Crippen molar-refractivity contribution in [2.45, 2.75) is 13.0 Å². The second-order valence-electron chi connectivity index (χ2n) is 5.28. The SMILES string of the molecule is Cc1ccccc1C(CNc1nccnc1C(=O)O)N(C)C. The van der Waals surface area contributed by atoms with E-state index >= 15 is 0 Å². The van der Waals surface area contributed by atoms with E-state index in [1.807, 2.05) is 26.2 Å². The highest BCUT2D eigenvalue weighted by molar-refractivity contribution is 5.90. The average molecular weight is 300 g/mol. The Kier molecular flexibility index (Phi) is 5.06. The number of carbonyl (C=O) groups is 1. The summed E-state index contributed by atoms with van der Waals surface area (Å²) in [6, 6.07) is 8.26. The number of benzene rings is 1. The second-order valence-corrected chi connectivity index (χ2v) is 5.28. The molecule has 116 valence electrons. The number of likely N-dealkylation sites (N-methyl/N-ethyl adjacent to an activating group) is 1. The van der Waals surface area contributed by atoms with Crippen molar-refractivity contribution in [2.75, 3.05) is 26.0 Å². The summed E-state index contributed by atoms with van der Waals surface area (Å²) in [6.45, 7) is 2.60. The van der Waals surface area contributed by atoms with Gasteiger partial charge in [-0.3, -0.25) is 0 Å². The van der Waals surface area contributed by atoms with Crippen LogP contribution in [0.3, 0.4) is 0 Å². The van der Waals surface area contributed by atoms with E-state index in [4.69, 9.17) is 5.11 Å². The summed E-state index contributed by atoms with van der Waals surface area (Å²) in [5, 5.41) is 12.3. The van der Waals surface area contributed by atoms with Crippen molar-refractivity contribution in [1.29, 1.82) is 0 Å². The van der Waals surface area contributed by atoms with Gasteiger partial charge in [0.05, 0.1) is 6.04 Å². The second kappa shape index (κ2) is 7.00. The number of aryl methyl sites for hydroxylation is 1. The number of carboxylic acids is 1. The maximum Gasteiger partial charge on any atom is 0.358 e. The van der Waals surface area contributed by atoms with Gasteiger partial charge in [-0.05, 0) is 32.1 Å². The van der Waals surface area contributed by atoms with Crippen molar-refractivity contribution in [1.82, 2.24) is 14.9 Å². The molecule has 0 aliphatic heterocycles. The molecule has 1 atom stereocenters. The van der Waals surface area contributed by atoms with E-state index in [0.29, 0.717) is 6.54 Å². The monoisotopic (exact) mass is 300 g/mol. The number of rotatable bonds is 6. The zero-order valence-corrected chi connectivity index (χ0v) is 12.9. The van der Waals surface area contributed by atoms with Gasteiger partial charge in [-0.15, -0.1) is 0 Å². The van der Waals surface area contributed by atoms with Crippen LogP contribution in [0.4, 0.5) is 5.82 Å². The lowest BCUT2D eigenvalue weighted by atomic mass is 10.0. The molecule has 1 aromatic heterocycles. The Labute approximate surface area is 129 Å². The van der Waals surface area contributed by atoms with Crippen molar-refractivity contribution in [2.24, 2.45) is 0 Å². The Morgan fingerprint density at radius 2 is 1.95 bits per heavy atom. The first-order valence-electron chi connectivity index (χ1n) is 7.01. The van der Waals surface area contributed by atoms with Crippen LogP contribution in [0.2, 0.25) is 0 Å². The molecule has 1 heterocycles. The van der Waals surface area contributed by atoms with Gasteiger partial charge in [-0.2, -0.15) is 0 Å². The molecule has 0 aliphatic rings. The van der Waals surface area contributed by atoms with Gasteiger partial charge in [0.15, 0.2) is 11.5 Å². The van der Waals surface area contributed by atoms with Crippen molar-refractivity contribution >= 4 is 11.8 Å². The summed E-state index contributed by atoms with van der Waals surface area (Å²) in [7, 11) is 3.99. The molecule has 22 heavy (non-hydrogen) atoms. The fourth-order valence-electron chi connectivity index (χ4n) is 2.35. The third-order valence-electron chi connectivity index (χ3n) is 3.53. The van der Waals surface area contributed by atoms with Crippen LogP contribution in [0.5, 0.6) is 0 Å². The van der Waals surface area contributed by atoms with Gasteiger partial charge in [0.1, 0.15) is 0 Å². The Morgan fingerprint density at radius 3 is 2.59 bits per heavy atom. The van der Waals surface area contributed by atoms with Crippen LogP contribution in [0, 0.1) is 6.92 Å². The molecule has 6 heteroatoms. The molecular formula is C16H20N4O2. The standard InChI is InChI=1S/C16H20N4O2/c1-11-6-4-5-7-12(11)13(20(2)3)10-19-15-14(16(21)22)17-8-9-18-15/h4-9,13H,10H2,1-3H3,(H,18,19)(H,21,22). The zero-order valence-electron chi connectivity index (χ0n) is 12.9. The lowest BCUT2D eigenvalue weighted by Gasteiger charge is -2.26. The van der Waals surface area contributed by atoms with E-state index in [1.165, 1.54) is 23.5 Å². The van der Waals surface area contributed by atoms with E-state index in [2.05, 4.69) is 39.2 Å². The third kappa shape index (κ3) is 3.59. The number of aromatic carboxylic acids is 1. The molecule has 2 N–H and O–H groups in total. The zero-order chi connectivity index (χ0) is 16.1. The molecule has 1 unspecified atom stereocenters. The maximum absolute atomic E-state index is 11.2. The molecule has 0 radical (unpaired) electrons. The van der Waals surface area contributed by atoms with Crippen LogP contribution in [-0.4, -0.2) is 46.6 Å². The molecule has 0 saturated heterocycles. The average Bonchev–Trinajstić information content (AvgIpc) is 2.49. The van der Waals surface area contributed by atoms with Crippen molar-refractivity contribution in [3.8, 4) is 0 Å². The summed E-state index contributed by atoms with van der Waals surface area (Å²) in [5.41, 5.74) is 2.33. The van der Waals surface area contributed by atoms with Gasteiger partial charge in [-0.1, -0.05) is 24.3 Å². The van der Waals surface area contributed by atoms with E-state index < -0.39 is 5.97 Å². The Hall–Kier alpha value is -2.47. The smallest absolute Gasteiger partial charge is 0.358 e. The Bertz CT molecular complexity index is 658. The summed E-state index contributed by atoms with van der Waals surface area (Å²) in [5.74, 6) is -0.802. The van der Waals surface area contributed by atoms with Gasteiger partial charge >= 0.3 is 5.97 Å². The molecular weight excluding hydrogens is 280 g/mol. The van der Waals surface area contributed by atoms with E-state index in [1.54, 1.807) is 0 Å². The van der Waals surface area contributed by atoms with Gasteiger partial charge in [0.2, 0.25) is 0 Å². The van der Waals surface area contributed by atoms with E-state index in [9.17, 15) is 4.79 Å². The first-order valence-corrected chi connectivity index (χ1v) is 7.01. The van der Waals surface area contributed by atoms with Gasteiger partial charge in [0, 0.05) is 18.9 Å². The number of nitrogens with one attached hydrogen (secondary N) is 1. The molecule has 0 amide bonds. The van der Waals surface area contributed by atoms with Gasteiger partial charge in [-0.25, -0.2) is 14.8 Å². The first kappa shape index (κ1) is 15.9. The highest BCUT2D eigenvalue weighted by Crippen LogP contribution is 2.22. The Morgan fingerprint density at radius 1 is 1.27 bits per heavy atom. The summed E-state index contributed by atoms with van der Waals surface area (Å²) < 4.78 is 0.